The van der Waals surface area contributed by atoms with Crippen molar-refractivity contribution in [3.63, 3.8) is 0 Å². The summed E-state index contributed by atoms with van der Waals surface area (Å²) in [6.07, 6.45) is 0. The summed E-state index contributed by atoms with van der Waals surface area (Å²) in [5.74, 6) is -0.469. The summed E-state index contributed by atoms with van der Waals surface area (Å²) in [5, 5.41) is 8.52. The molecule has 0 aromatic heterocycles. The summed E-state index contributed by atoms with van der Waals surface area (Å²) in [5.41, 5.74) is 0.911. The predicted molar refractivity (Wildman–Crippen MR) is 45.4 cm³/mol. The van der Waals surface area contributed by atoms with Crippen molar-refractivity contribution in [1.82, 2.24) is 0 Å². The lowest BCUT2D eigenvalue weighted by molar-refractivity contribution is 0.624. The minimum absolute atomic E-state index is 0.0844. The van der Waals surface area contributed by atoms with Gasteiger partial charge in [-0.2, -0.15) is 5.26 Å². The minimum Gasteiger partial charge on any atom is -0.378 e. The van der Waals surface area contributed by atoms with E-state index in [0.717, 1.165) is 5.69 Å². The molecule has 1 aromatic carbocycles. The Hall–Kier alpha value is -1.56. The summed E-state index contributed by atoms with van der Waals surface area (Å²) >= 11 is 0. The molecule has 1 rings (SSSR count). The molecule has 0 bridgehead atoms. The first-order valence-corrected chi connectivity index (χ1v) is 3.52. The van der Waals surface area contributed by atoms with Gasteiger partial charge in [0.25, 0.3) is 0 Å². The van der Waals surface area contributed by atoms with Gasteiger partial charge in [-0.15, -0.1) is 0 Å². The van der Waals surface area contributed by atoms with Gasteiger partial charge in [-0.3, -0.25) is 0 Å². The van der Waals surface area contributed by atoms with E-state index < -0.39 is 5.82 Å². The zero-order valence-electron chi connectivity index (χ0n) is 7.00. The van der Waals surface area contributed by atoms with E-state index in [1.54, 1.807) is 12.1 Å². The molecule has 0 aliphatic carbocycles. The molecule has 0 radical (unpaired) electrons. The molecule has 2 nitrogen and oxygen atoms in total. The number of hydrogen-bond donors (Lipinski definition) is 0. The fourth-order valence-corrected chi connectivity index (χ4v) is 0.877. The highest BCUT2D eigenvalue weighted by molar-refractivity contribution is 5.50. The molecular formula is C9H9FN2. The molecule has 3 heteroatoms. The molecular weight excluding hydrogens is 155 g/mol. The third kappa shape index (κ3) is 1.54. The van der Waals surface area contributed by atoms with Crippen LogP contribution in [0.25, 0.3) is 0 Å². The lowest BCUT2D eigenvalue weighted by Crippen LogP contribution is -2.08. The highest BCUT2D eigenvalue weighted by Gasteiger charge is 2.02. The van der Waals surface area contributed by atoms with E-state index >= 15 is 0 Å². The minimum atomic E-state index is -0.469. The van der Waals surface area contributed by atoms with Crippen molar-refractivity contribution in [2.45, 2.75) is 0 Å². The van der Waals surface area contributed by atoms with Gasteiger partial charge in [0, 0.05) is 19.8 Å². The first-order chi connectivity index (χ1) is 5.65. The van der Waals surface area contributed by atoms with E-state index in [-0.39, 0.29) is 5.56 Å². The highest BCUT2D eigenvalue weighted by Crippen LogP contribution is 2.15. The molecule has 0 amide bonds. The van der Waals surface area contributed by atoms with Crippen LogP contribution in [0.4, 0.5) is 10.1 Å². The van der Waals surface area contributed by atoms with Crippen LogP contribution in [0.2, 0.25) is 0 Å². The normalized spacial score (nSPS) is 9.17. The number of hydrogen-bond acceptors (Lipinski definition) is 2. The van der Waals surface area contributed by atoms with E-state index in [0.29, 0.717) is 0 Å². The van der Waals surface area contributed by atoms with Crippen molar-refractivity contribution < 1.29 is 4.39 Å². The molecule has 0 saturated heterocycles. The molecule has 1 aromatic rings. The Kier molecular flexibility index (Phi) is 2.29. The number of nitriles is 1. The first kappa shape index (κ1) is 8.54. The third-order valence-electron chi connectivity index (χ3n) is 1.59. The van der Waals surface area contributed by atoms with E-state index in [2.05, 4.69) is 0 Å². The standard InChI is InChI=1S/C9H9FN2/c1-12(2)8-3-4-9(10)7(5-8)6-11/h3-5H,1-2H3. The first-order valence-electron chi connectivity index (χ1n) is 3.52. The van der Waals surface area contributed by atoms with Crippen LogP contribution in [-0.4, -0.2) is 14.1 Å². The maximum atomic E-state index is 12.8. The Bertz CT molecular complexity index is 326. The quantitative estimate of drug-likeness (QED) is 0.632. The largest absolute Gasteiger partial charge is 0.378 e. The van der Waals surface area contributed by atoms with Gasteiger partial charge >= 0.3 is 0 Å². The average molecular weight is 164 g/mol. The summed E-state index contributed by atoms with van der Waals surface area (Å²) in [4.78, 5) is 1.82. The molecule has 0 aliphatic rings. The van der Waals surface area contributed by atoms with Crippen molar-refractivity contribution in [2.75, 3.05) is 19.0 Å². The van der Waals surface area contributed by atoms with Crippen LogP contribution in [-0.2, 0) is 0 Å². The van der Waals surface area contributed by atoms with Crippen LogP contribution >= 0.6 is 0 Å². The van der Waals surface area contributed by atoms with Gasteiger partial charge in [-0.05, 0) is 18.2 Å². The van der Waals surface area contributed by atoms with Crippen molar-refractivity contribution >= 4 is 5.69 Å². The van der Waals surface area contributed by atoms with Crippen LogP contribution in [0.3, 0.4) is 0 Å². The summed E-state index contributed by atoms with van der Waals surface area (Å²) < 4.78 is 12.8. The Labute approximate surface area is 70.8 Å². The fourth-order valence-electron chi connectivity index (χ4n) is 0.877. The number of nitrogens with zero attached hydrogens (tertiary/aromatic N) is 2. The number of benzene rings is 1. The number of anilines is 1. The van der Waals surface area contributed by atoms with Gasteiger partial charge in [0.2, 0.25) is 0 Å². The van der Waals surface area contributed by atoms with Crippen LogP contribution in [0.15, 0.2) is 18.2 Å². The molecule has 0 fully saturated rings. The van der Waals surface area contributed by atoms with Gasteiger partial charge in [0.15, 0.2) is 0 Å². The van der Waals surface area contributed by atoms with Crippen LogP contribution < -0.4 is 4.90 Å². The second-order valence-electron chi connectivity index (χ2n) is 2.67. The second kappa shape index (κ2) is 3.22. The van der Waals surface area contributed by atoms with Crippen molar-refractivity contribution in [1.29, 1.82) is 5.26 Å². The molecule has 0 aliphatic heterocycles. The maximum Gasteiger partial charge on any atom is 0.141 e. The number of rotatable bonds is 1. The van der Waals surface area contributed by atoms with Gasteiger partial charge in [-0.1, -0.05) is 0 Å². The van der Waals surface area contributed by atoms with E-state index in [9.17, 15) is 4.39 Å². The second-order valence-corrected chi connectivity index (χ2v) is 2.67. The zero-order valence-corrected chi connectivity index (χ0v) is 7.00. The smallest absolute Gasteiger partial charge is 0.141 e. The highest BCUT2D eigenvalue weighted by atomic mass is 19.1. The summed E-state index contributed by atoms with van der Waals surface area (Å²) in [7, 11) is 3.68. The number of halogens is 1. The predicted octanol–water partition coefficient (Wildman–Crippen LogP) is 1.76. The van der Waals surface area contributed by atoms with E-state index in [1.165, 1.54) is 12.1 Å². The summed E-state index contributed by atoms with van der Waals surface area (Å²) in [6, 6.07) is 6.25. The van der Waals surface area contributed by atoms with Crippen molar-refractivity contribution in [3.05, 3.63) is 29.6 Å². The Morgan fingerprint density at radius 1 is 1.42 bits per heavy atom. The van der Waals surface area contributed by atoms with Crippen LogP contribution in [0.1, 0.15) is 5.56 Å². The topological polar surface area (TPSA) is 27.0 Å². The average Bonchev–Trinajstić information content (AvgIpc) is 2.05. The summed E-state index contributed by atoms with van der Waals surface area (Å²) in [6.45, 7) is 0. The Morgan fingerprint density at radius 2 is 2.08 bits per heavy atom. The zero-order chi connectivity index (χ0) is 9.14. The SMILES string of the molecule is CN(C)c1ccc(F)c(C#N)c1. The molecule has 0 saturated carbocycles. The lowest BCUT2D eigenvalue weighted by Gasteiger charge is -2.11. The van der Waals surface area contributed by atoms with Crippen LogP contribution in [0.5, 0.6) is 0 Å². The fraction of sp³-hybridized carbons (Fsp3) is 0.222. The monoisotopic (exact) mass is 164 g/mol. The molecule has 0 unspecified atom stereocenters. The van der Waals surface area contributed by atoms with Crippen LogP contribution in [0, 0.1) is 17.1 Å². The van der Waals surface area contributed by atoms with Gasteiger partial charge in [0.1, 0.15) is 11.9 Å². The lowest BCUT2D eigenvalue weighted by atomic mass is 10.2. The Balaban J connectivity index is 3.16. The van der Waals surface area contributed by atoms with Gasteiger partial charge in [-0.25, -0.2) is 4.39 Å². The maximum absolute atomic E-state index is 12.8. The molecule has 0 N–H and O–H groups in total. The van der Waals surface area contributed by atoms with E-state index in [4.69, 9.17) is 5.26 Å². The van der Waals surface area contributed by atoms with Gasteiger partial charge in [0.05, 0.1) is 5.56 Å². The molecule has 0 spiro atoms. The molecule has 0 atom stereocenters. The van der Waals surface area contributed by atoms with Gasteiger partial charge < -0.3 is 4.90 Å². The molecule has 0 heterocycles. The molecule has 12 heavy (non-hydrogen) atoms. The van der Waals surface area contributed by atoms with Crippen molar-refractivity contribution in [2.24, 2.45) is 0 Å². The molecule has 62 valence electrons. The van der Waals surface area contributed by atoms with E-state index in [1.807, 2.05) is 19.0 Å². The third-order valence-corrected chi connectivity index (χ3v) is 1.59. The van der Waals surface area contributed by atoms with Crippen molar-refractivity contribution in [3.8, 4) is 6.07 Å². The Morgan fingerprint density at radius 3 is 2.58 bits per heavy atom.